The van der Waals surface area contributed by atoms with E-state index in [0.29, 0.717) is 24.1 Å². The molecule has 1 fully saturated rings. The van der Waals surface area contributed by atoms with E-state index in [9.17, 15) is 23.0 Å². The van der Waals surface area contributed by atoms with Crippen molar-refractivity contribution in [3.05, 3.63) is 96.2 Å². The molecule has 1 saturated carbocycles. The van der Waals surface area contributed by atoms with Crippen molar-refractivity contribution < 1.29 is 8.60 Å². The number of fused-ring (bicyclic) bond motifs is 1. The van der Waals surface area contributed by atoms with Gasteiger partial charge in [-0.25, -0.2) is 18.1 Å². The molecule has 5 rings (SSSR count). The van der Waals surface area contributed by atoms with Crippen molar-refractivity contribution in [1.82, 2.24) is 18.4 Å². The lowest BCUT2D eigenvalue weighted by Crippen LogP contribution is -2.41. The summed E-state index contributed by atoms with van der Waals surface area (Å²) in [6, 6.07) is 11.3. The van der Waals surface area contributed by atoms with E-state index in [2.05, 4.69) is 10.0 Å². The monoisotopic (exact) mass is 537 g/mol. The molecule has 9 nitrogen and oxygen atoms in total. The minimum Gasteiger partial charge on any atom is -0.338 e. The Labute approximate surface area is 220 Å². The standard InChI is InChI=1S/C27H28FN5O4S/c1-15-8-11-21(20(28)12-15)30-24-22-23(16(2)25(34)31(24)4)32(27(36)33(26(22)35)18-9-10-18)19-7-5-6-17(13-19)14-38(37)29-3/h5-8,11-13,18,29-30H,9-10,14H2,1-4H3. The fourth-order valence-corrected chi connectivity index (χ4v) is 5.34. The molecule has 0 amide bonds. The maximum atomic E-state index is 14.8. The summed E-state index contributed by atoms with van der Waals surface area (Å²) in [6.07, 6.45) is 1.36. The Hall–Kier alpha value is -3.83. The Morgan fingerprint density at radius 3 is 2.45 bits per heavy atom. The summed E-state index contributed by atoms with van der Waals surface area (Å²) < 4.78 is 33.5. The third kappa shape index (κ3) is 4.41. The van der Waals surface area contributed by atoms with Gasteiger partial charge in [-0.2, -0.15) is 0 Å². The first-order valence-corrected chi connectivity index (χ1v) is 13.5. The van der Waals surface area contributed by atoms with Gasteiger partial charge in [0.05, 0.1) is 33.6 Å². The summed E-state index contributed by atoms with van der Waals surface area (Å²) in [4.78, 5) is 41.1. The predicted octanol–water partition coefficient (Wildman–Crippen LogP) is 3.07. The topological polar surface area (TPSA) is 107 Å². The molecule has 2 aromatic carbocycles. The van der Waals surface area contributed by atoms with Gasteiger partial charge < -0.3 is 5.32 Å². The average Bonchev–Trinajstić information content (AvgIpc) is 3.72. The van der Waals surface area contributed by atoms with Crippen molar-refractivity contribution in [3.8, 4) is 5.69 Å². The van der Waals surface area contributed by atoms with Gasteiger partial charge in [-0.3, -0.25) is 23.3 Å². The van der Waals surface area contributed by atoms with E-state index in [1.807, 2.05) is 0 Å². The van der Waals surface area contributed by atoms with Gasteiger partial charge in [0, 0.05) is 18.7 Å². The highest BCUT2D eigenvalue weighted by Crippen LogP contribution is 2.34. The smallest absolute Gasteiger partial charge is 0.336 e. The SMILES string of the molecule is CNS(=O)Cc1cccc(-n2c(=O)n(C3CC3)c(=O)c3c(Nc4ccc(C)cc4F)n(C)c(=O)c(C)c32)c1. The van der Waals surface area contributed by atoms with Gasteiger partial charge >= 0.3 is 5.69 Å². The second-order valence-electron chi connectivity index (χ2n) is 9.56. The minimum absolute atomic E-state index is 0.0962. The summed E-state index contributed by atoms with van der Waals surface area (Å²) in [5.74, 6) is -0.231. The van der Waals surface area contributed by atoms with Crippen LogP contribution in [-0.2, 0) is 23.8 Å². The van der Waals surface area contributed by atoms with E-state index in [4.69, 9.17) is 0 Å². The Bertz CT molecular complexity index is 1800. The molecule has 0 saturated heterocycles. The van der Waals surface area contributed by atoms with Gasteiger partial charge in [-0.05, 0) is 69.1 Å². The maximum Gasteiger partial charge on any atom is 0.336 e. The fraction of sp³-hybridized carbons (Fsp3) is 0.296. The van der Waals surface area contributed by atoms with E-state index in [-0.39, 0.29) is 39.8 Å². The highest BCUT2D eigenvalue weighted by molar-refractivity contribution is 7.82. The number of anilines is 2. The van der Waals surface area contributed by atoms with Crippen LogP contribution >= 0.6 is 0 Å². The van der Waals surface area contributed by atoms with Crippen LogP contribution in [0.25, 0.3) is 16.6 Å². The molecule has 4 aromatic rings. The largest absolute Gasteiger partial charge is 0.338 e. The first kappa shape index (κ1) is 25.8. The molecule has 0 radical (unpaired) electrons. The molecular formula is C27H28FN5O4S. The molecule has 38 heavy (non-hydrogen) atoms. The summed E-state index contributed by atoms with van der Waals surface area (Å²) in [5, 5.41) is 3.07. The zero-order chi connectivity index (χ0) is 27.3. The number of halogens is 1. The molecule has 1 aliphatic carbocycles. The first-order valence-electron chi connectivity index (χ1n) is 12.2. The highest BCUT2D eigenvalue weighted by Gasteiger charge is 2.31. The van der Waals surface area contributed by atoms with Crippen LogP contribution in [0.5, 0.6) is 0 Å². The molecule has 0 bridgehead atoms. The molecule has 0 aliphatic heterocycles. The molecule has 11 heteroatoms. The van der Waals surface area contributed by atoms with Gasteiger partial charge in [0.2, 0.25) is 0 Å². The van der Waals surface area contributed by atoms with Crippen LogP contribution in [0.2, 0.25) is 0 Å². The number of aromatic nitrogens is 3. The van der Waals surface area contributed by atoms with E-state index in [1.165, 1.54) is 26.8 Å². The number of rotatable bonds is 7. The third-order valence-corrected chi connectivity index (χ3v) is 7.88. The second-order valence-corrected chi connectivity index (χ2v) is 10.9. The van der Waals surface area contributed by atoms with Gasteiger partial charge in [-0.15, -0.1) is 0 Å². The van der Waals surface area contributed by atoms with Crippen LogP contribution in [0.4, 0.5) is 15.9 Å². The van der Waals surface area contributed by atoms with Crippen LogP contribution < -0.4 is 26.8 Å². The van der Waals surface area contributed by atoms with E-state index < -0.39 is 33.6 Å². The zero-order valence-electron chi connectivity index (χ0n) is 21.5. The molecule has 2 heterocycles. The van der Waals surface area contributed by atoms with Gasteiger partial charge in [0.1, 0.15) is 17.0 Å². The molecular weight excluding hydrogens is 509 g/mol. The van der Waals surface area contributed by atoms with Crippen molar-refractivity contribution in [2.24, 2.45) is 7.05 Å². The van der Waals surface area contributed by atoms with E-state index >= 15 is 0 Å². The van der Waals surface area contributed by atoms with Crippen LogP contribution in [0.1, 0.15) is 35.6 Å². The lowest BCUT2D eigenvalue weighted by molar-refractivity contribution is 0.630. The van der Waals surface area contributed by atoms with Crippen molar-refractivity contribution in [1.29, 1.82) is 0 Å². The summed E-state index contributed by atoms with van der Waals surface area (Å²) in [6.45, 7) is 3.33. The highest BCUT2D eigenvalue weighted by atomic mass is 32.2. The molecule has 0 spiro atoms. The molecule has 1 aliphatic rings. The number of benzene rings is 2. The van der Waals surface area contributed by atoms with Crippen LogP contribution in [0, 0.1) is 19.7 Å². The number of hydrogen-bond acceptors (Lipinski definition) is 5. The van der Waals surface area contributed by atoms with Gasteiger partial charge in [0.15, 0.2) is 0 Å². The number of nitrogens with zero attached hydrogens (tertiary/aromatic N) is 3. The number of nitrogens with one attached hydrogen (secondary N) is 2. The number of aryl methyl sites for hydroxylation is 2. The van der Waals surface area contributed by atoms with Crippen molar-refractivity contribution in [2.45, 2.75) is 38.5 Å². The number of pyridine rings is 1. The van der Waals surface area contributed by atoms with Crippen molar-refractivity contribution in [2.75, 3.05) is 12.4 Å². The lowest BCUT2D eigenvalue weighted by Gasteiger charge is -2.21. The lowest BCUT2D eigenvalue weighted by atomic mass is 10.1. The fourth-order valence-electron chi connectivity index (χ4n) is 4.71. The quantitative estimate of drug-likeness (QED) is 0.377. The normalized spacial score (nSPS) is 14.1. The minimum atomic E-state index is -1.31. The van der Waals surface area contributed by atoms with Crippen molar-refractivity contribution >= 4 is 33.4 Å². The molecule has 2 aromatic heterocycles. The summed E-state index contributed by atoms with van der Waals surface area (Å²) in [7, 11) is 1.79. The Kier molecular flexibility index (Phi) is 6.66. The zero-order valence-corrected chi connectivity index (χ0v) is 22.3. The van der Waals surface area contributed by atoms with Crippen molar-refractivity contribution in [3.63, 3.8) is 0 Å². The van der Waals surface area contributed by atoms with E-state index in [0.717, 1.165) is 5.56 Å². The molecule has 198 valence electrons. The molecule has 2 N–H and O–H groups in total. The van der Waals surface area contributed by atoms with Crippen LogP contribution in [0.3, 0.4) is 0 Å². The first-order chi connectivity index (χ1) is 18.1. The molecule has 1 atom stereocenters. The van der Waals surface area contributed by atoms with Gasteiger partial charge in [-0.1, -0.05) is 18.2 Å². The summed E-state index contributed by atoms with van der Waals surface area (Å²) >= 11 is 0. The second kappa shape index (κ2) is 9.80. The predicted molar refractivity (Wildman–Crippen MR) is 147 cm³/mol. The third-order valence-electron chi connectivity index (χ3n) is 6.83. The van der Waals surface area contributed by atoms with E-state index in [1.54, 1.807) is 57.3 Å². The maximum absolute atomic E-state index is 14.8. The van der Waals surface area contributed by atoms with Crippen LogP contribution in [-0.4, -0.2) is 25.0 Å². The molecule has 1 unspecified atom stereocenters. The summed E-state index contributed by atoms with van der Waals surface area (Å²) in [5.41, 5.74) is 0.801. The Balaban J connectivity index is 1.88. The van der Waals surface area contributed by atoms with Gasteiger partial charge in [0.25, 0.3) is 11.1 Å². The Morgan fingerprint density at radius 2 is 1.79 bits per heavy atom. The number of hydrogen-bond donors (Lipinski definition) is 2. The van der Waals surface area contributed by atoms with Crippen LogP contribution in [0.15, 0.2) is 56.8 Å². The Morgan fingerprint density at radius 1 is 1.05 bits per heavy atom. The average molecular weight is 538 g/mol.